The minimum Gasteiger partial charge on any atom is -0.497 e. The van der Waals surface area contributed by atoms with E-state index in [1.54, 1.807) is 12.0 Å². The van der Waals surface area contributed by atoms with Crippen LogP contribution in [0.2, 0.25) is 0 Å². The molecule has 0 aliphatic heterocycles. The molecule has 2 aromatic carbocycles. The fourth-order valence-electron chi connectivity index (χ4n) is 3.15. The first-order chi connectivity index (χ1) is 13.5. The summed E-state index contributed by atoms with van der Waals surface area (Å²) in [5.74, 6) is 0.292. The molecule has 2 aromatic rings. The summed E-state index contributed by atoms with van der Waals surface area (Å²) in [5.41, 5.74) is 1.90. The van der Waals surface area contributed by atoms with E-state index in [2.05, 4.69) is 5.32 Å². The van der Waals surface area contributed by atoms with E-state index in [0.717, 1.165) is 16.9 Å². The Kier molecular flexibility index (Phi) is 8.02. The number of carbonyl (C=O) groups excluding carboxylic acids is 2. The van der Waals surface area contributed by atoms with Crippen LogP contribution in [0.15, 0.2) is 54.6 Å². The summed E-state index contributed by atoms with van der Waals surface area (Å²) in [4.78, 5) is 26.9. The van der Waals surface area contributed by atoms with E-state index in [9.17, 15) is 9.59 Å². The highest BCUT2D eigenvalue weighted by Crippen LogP contribution is 2.25. The molecular weight excluding hydrogens is 356 g/mol. The number of hydrogen-bond donors (Lipinski definition) is 1. The Morgan fingerprint density at radius 2 is 1.68 bits per heavy atom. The van der Waals surface area contributed by atoms with Crippen molar-refractivity contribution in [1.29, 1.82) is 0 Å². The lowest BCUT2D eigenvalue weighted by molar-refractivity contribution is -0.143. The van der Waals surface area contributed by atoms with E-state index in [0.29, 0.717) is 6.54 Å². The standard InChI is InChI=1S/C22H28N2O4/c1-16(19-10-12-20(28-4)13-11-19)24(17(2)25)21(15-27-3)22(26)23-14-18-8-6-5-7-9-18/h5-13,16,21H,14-15H2,1-4H3,(H,23,26)/t16?,21-/m1/s1. The molecule has 6 nitrogen and oxygen atoms in total. The SMILES string of the molecule is COC[C@H](C(=O)NCc1ccccc1)N(C(C)=O)C(C)c1ccc(OC)cc1. The number of rotatable bonds is 9. The average molecular weight is 384 g/mol. The molecule has 0 heterocycles. The molecule has 0 aromatic heterocycles. The van der Waals surface area contributed by atoms with Gasteiger partial charge in [-0.25, -0.2) is 0 Å². The van der Waals surface area contributed by atoms with Crippen LogP contribution in [0.1, 0.15) is 31.0 Å². The van der Waals surface area contributed by atoms with E-state index >= 15 is 0 Å². The second-order valence-corrected chi connectivity index (χ2v) is 6.55. The summed E-state index contributed by atoms with van der Waals surface area (Å²) in [6.07, 6.45) is 0. The molecule has 2 rings (SSSR count). The molecule has 0 radical (unpaired) electrons. The van der Waals surface area contributed by atoms with Crippen LogP contribution in [0, 0.1) is 0 Å². The van der Waals surface area contributed by atoms with E-state index in [1.165, 1.54) is 14.0 Å². The molecule has 1 unspecified atom stereocenters. The lowest BCUT2D eigenvalue weighted by atomic mass is 10.0. The molecule has 2 amide bonds. The topological polar surface area (TPSA) is 67.9 Å². The predicted octanol–water partition coefficient (Wildman–Crippen LogP) is 2.94. The van der Waals surface area contributed by atoms with Crippen LogP contribution in [0.25, 0.3) is 0 Å². The highest BCUT2D eigenvalue weighted by atomic mass is 16.5. The van der Waals surface area contributed by atoms with Gasteiger partial charge in [0, 0.05) is 20.6 Å². The number of amides is 2. The van der Waals surface area contributed by atoms with Gasteiger partial charge in [0.25, 0.3) is 0 Å². The minimum absolute atomic E-state index is 0.112. The monoisotopic (exact) mass is 384 g/mol. The molecule has 6 heteroatoms. The van der Waals surface area contributed by atoms with Gasteiger partial charge in [-0.1, -0.05) is 42.5 Å². The zero-order valence-electron chi connectivity index (χ0n) is 16.8. The fraction of sp³-hybridized carbons (Fsp3) is 0.364. The molecule has 150 valence electrons. The molecule has 0 spiro atoms. The Balaban J connectivity index is 2.19. The summed E-state index contributed by atoms with van der Waals surface area (Å²) in [5, 5.41) is 2.91. The smallest absolute Gasteiger partial charge is 0.245 e. The van der Waals surface area contributed by atoms with Crippen LogP contribution < -0.4 is 10.1 Å². The van der Waals surface area contributed by atoms with Crippen LogP contribution in [-0.4, -0.2) is 43.6 Å². The average Bonchev–Trinajstić information content (AvgIpc) is 2.72. The third kappa shape index (κ3) is 5.57. The van der Waals surface area contributed by atoms with Gasteiger partial charge in [-0.05, 0) is 30.2 Å². The fourth-order valence-corrected chi connectivity index (χ4v) is 3.15. The van der Waals surface area contributed by atoms with Crippen LogP contribution >= 0.6 is 0 Å². The molecule has 0 fully saturated rings. The summed E-state index contributed by atoms with van der Waals surface area (Å²) in [6.45, 7) is 3.87. The van der Waals surface area contributed by atoms with Gasteiger partial charge in [0.05, 0.1) is 19.8 Å². The summed E-state index contributed by atoms with van der Waals surface area (Å²) < 4.78 is 10.4. The molecule has 1 N–H and O–H groups in total. The van der Waals surface area contributed by atoms with Gasteiger partial charge in [0.2, 0.25) is 11.8 Å². The Morgan fingerprint density at radius 1 is 1.04 bits per heavy atom. The van der Waals surface area contributed by atoms with Crippen molar-refractivity contribution in [2.45, 2.75) is 32.5 Å². The molecule has 0 saturated carbocycles. The van der Waals surface area contributed by atoms with Crippen LogP contribution in [-0.2, 0) is 20.9 Å². The molecule has 28 heavy (non-hydrogen) atoms. The molecule has 0 bridgehead atoms. The number of nitrogens with one attached hydrogen (secondary N) is 1. The molecule has 0 aliphatic carbocycles. The van der Waals surface area contributed by atoms with E-state index in [1.807, 2.05) is 61.5 Å². The first-order valence-corrected chi connectivity index (χ1v) is 9.21. The van der Waals surface area contributed by atoms with Gasteiger partial charge in [0.15, 0.2) is 0 Å². The Bertz CT molecular complexity index is 762. The van der Waals surface area contributed by atoms with Crippen LogP contribution in [0.4, 0.5) is 0 Å². The Labute approximate surface area is 166 Å². The largest absolute Gasteiger partial charge is 0.497 e. The Hall–Kier alpha value is -2.86. The van der Waals surface area contributed by atoms with Crippen molar-refractivity contribution in [2.24, 2.45) is 0 Å². The molecular formula is C22H28N2O4. The number of ether oxygens (including phenoxy) is 2. The van der Waals surface area contributed by atoms with Gasteiger partial charge in [0.1, 0.15) is 11.8 Å². The van der Waals surface area contributed by atoms with Crippen LogP contribution in [0.5, 0.6) is 5.75 Å². The van der Waals surface area contributed by atoms with E-state index in [-0.39, 0.29) is 24.5 Å². The summed E-state index contributed by atoms with van der Waals surface area (Å²) >= 11 is 0. The number of nitrogens with zero attached hydrogens (tertiary/aromatic N) is 1. The van der Waals surface area contributed by atoms with Crippen molar-refractivity contribution < 1.29 is 19.1 Å². The first kappa shape index (κ1) is 21.4. The lowest BCUT2D eigenvalue weighted by Gasteiger charge is -2.35. The van der Waals surface area contributed by atoms with Crippen LogP contribution in [0.3, 0.4) is 0 Å². The van der Waals surface area contributed by atoms with Gasteiger partial charge >= 0.3 is 0 Å². The third-order valence-electron chi connectivity index (χ3n) is 4.65. The number of benzene rings is 2. The Morgan fingerprint density at radius 3 is 2.21 bits per heavy atom. The maximum Gasteiger partial charge on any atom is 0.245 e. The lowest BCUT2D eigenvalue weighted by Crippen LogP contribution is -2.52. The van der Waals surface area contributed by atoms with Crippen molar-refractivity contribution >= 4 is 11.8 Å². The molecule has 2 atom stereocenters. The maximum absolute atomic E-state index is 12.9. The summed E-state index contributed by atoms with van der Waals surface area (Å²) in [6, 6.07) is 16.1. The van der Waals surface area contributed by atoms with Gasteiger partial charge in [-0.3, -0.25) is 9.59 Å². The zero-order chi connectivity index (χ0) is 20.5. The van der Waals surface area contributed by atoms with Crippen molar-refractivity contribution in [3.63, 3.8) is 0 Å². The maximum atomic E-state index is 12.9. The van der Waals surface area contributed by atoms with Crippen molar-refractivity contribution in [3.05, 3.63) is 65.7 Å². The number of methoxy groups -OCH3 is 2. The predicted molar refractivity (Wildman–Crippen MR) is 108 cm³/mol. The summed E-state index contributed by atoms with van der Waals surface area (Å²) in [7, 11) is 3.12. The van der Waals surface area contributed by atoms with Gasteiger partial charge in [-0.2, -0.15) is 0 Å². The number of carbonyl (C=O) groups is 2. The number of hydrogen-bond acceptors (Lipinski definition) is 4. The third-order valence-corrected chi connectivity index (χ3v) is 4.65. The molecule has 0 saturated heterocycles. The van der Waals surface area contributed by atoms with E-state index < -0.39 is 6.04 Å². The van der Waals surface area contributed by atoms with Crippen molar-refractivity contribution in [1.82, 2.24) is 10.2 Å². The van der Waals surface area contributed by atoms with Crippen molar-refractivity contribution in [2.75, 3.05) is 20.8 Å². The van der Waals surface area contributed by atoms with Gasteiger partial charge < -0.3 is 19.7 Å². The normalized spacial score (nSPS) is 12.7. The second-order valence-electron chi connectivity index (χ2n) is 6.55. The zero-order valence-corrected chi connectivity index (χ0v) is 16.8. The van der Waals surface area contributed by atoms with Gasteiger partial charge in [-0.15, -0.1) is 0 Å². The first-order valence-electron chi connectivity index (χ1n) is 9.21. The van der Waals surface area contributed by atoms with Crippen molar-refractivity contribution in [3.8, 4) is 5.75 Å². The highest BCUT2D eigenvalue weighted by Gasteiger charge is 2.32. The highest BCUT2D eigenvalue weighted by molar-refractivity contribution is 5.87. The minimum atomic E-state index is -0.733. The molecule has 0 aliphatic rings. The van der Waals surface area contributed by atoms with E-state index in [4.69, 9.17) is 9.47 Å². The second kappa shape index (κ2) is 10.5. The quantitative estimate of drug-likeness (QED) is 0.722.